The number of aromatic nitrogens is 1. The van der Waals surface area contributed by atoms with Gasteiger partial charge in [-0.1, -0.05) is 30.4 Å². The lowest BCUT2D eigenvalue weighted by Crippen LogP contribution is -2.22. The Morgan fingerprint density at radius 1 is 1.44 bits per heavy atom. The highest BCUT2D eigenvalue weighted by Gasteiger charge is 2.35. The Morgan fingerprint density at radius 3 is 2.89 bits per heavy atom. The van der Waals surface area contributed by atoms with Crippen LogP contribution in [0.4, 0.5) is 5.13 Å². The quantitative estimate of drug-likeness (QED) is 0.903. The average molecular weight is 262 g/mol. The topological polar surface area (TPSA) is 53.4 Å². The van der Waals surface area contributed by atoms with Crippen LogP contribution in [0.2, 0.25) is 0 Å². The molecule has 18 heavy (non-hydrogen) atoms. The van der Waals surface area contributed by atoms with Gasteiger partial charge in [0.25, 0.3) is 0 Å². The molecule has 0 saturated carbocycles. The molecule has 1 aromatic carbocycles. The van der Waals surface area contributed by atoms with Gasteiger partial charge in [-0.15, -0.1) is 0 Å². The molecule has 4 nitrogen and oxygen atoms in total. The van der Waals surface area contributed by atoms with Gasteiger partial charge in [-0.25, -0.2) is 4.98 Å². The number of anilines is 1. The molecule has 5 heteroatoms. The van der Waals surface area contributed by atoms with Gasteiger partial charge in [0.2, 0.25) is 0 Å². The molecule has 1 aliphatic rings. The number of hydrogen-bond acceptors (Lipinski definition) is 4. The van der Waals surface area contributed by atoms with E-state index in [-0.39, 0.29) is 11.8 Å². The molecule has 1 fully saturated rings. The number of nitrogens with zero attached hydrogens (tertiary/aromatic N) is 2. The van der Waals surface area contributed by atoms with E-state index in [0.717, 1.165) is 21.9 Å². The molecule has 0 spiro atoms. The Labute approximate surface area is 109 Å². The van der Waals surface area contributed by atoms with Crippen LogP contribution in [0.1, 0.15) is 6.92 Å². The van der Waals surface area contributed by atoms with Crippen molar-refractivity contribution in [2.24, 2.45) is 11.8 Å². The van der Waals surface area contributed by atoms with Crippen molar-refractivity contribution < 1.29 is 9.90 Å². The minimum Gasteiger partial charge on any atom is -0.481 e. The fourth-order valence-corrected chi connectivity index (χ4v) is 3.42. The number of aliphatic carboxylic acids is 1. The van der Waals surface area contributed by atoms with Gasteiger partial charge in [-0.05, 0) is 18.1 Å². The van der Waals surface area contributed by atoms with Gasteiger partial charge in [0.05, 0.1) is 16.1 Å². The zero-order valence-electron chi connectivity index (χ0n) is 10.0. The van der Waals surface area contributed by atoms with Crippen molar-refractivity contribution in [1.29, 1.82) is 0 Å². The number of fused-ring (bicyclic) bond motifs is 1. The summed E-state index contributed by atoms with van der Waals surface area (Å²) >= 11 is 1.63. The molecule has 0 amide bonds. The highest BCUT2D eigenvalue weighted by Crippen LogP contribution is 2.33. The minimum atomic E-state index is -0.703. The summed E-state index contributed by atoms with van der Waals surface area (Å²) in [5, 5.41) is 10.1. The lowest BCUT2D eigenvalue weighted by molar-refractivity contribution is -0.142. The average Bonchev–Trinajstić information content (AvgIpc) is 2.91. The predicted molar refractivity (Wildman–Crippen MR) is 72.1 cm³/mol. The van der Waals surface area contributed by atoms with Gasteiger partial charge in [-0.3, -0.25) is 4.79 Å². The van der Waals surface area contributed by atoms with E-state index < -0.39 is 5.97 Å². The summed E-state index contributed by atoms with van der Waals surface area (Å²) in [6.07, 6.45) is 0. The molecule has 0 aliphatic carbocycles. The first kappa shape index (κ1) is 11.5. The summed E-state index contributed by atoms with van der Waals surface area (Å²) in [4.78, 5) is 17.8. The summed E-state index contributed by atoms with van der Waals surface area (Å²) in [7, 11) is 0. The van der Waals surface area contributed by atoms with E-state index in [4.69, 9.17) is 5.11 Å². The molecule has 2 heterocycles. The van der Waals surface area contributed by atoms with Crippen LogP contribution in [-0.4, -0.2) is 29.1 Å². The van der Waals surface area contributed by atoms with Gasteiger partial charge < -0.3 is 10.0 Å². The largest absolute Gasteiger partial charge is 0.481 e. The Bertz CT molecular complexity index is 562. The van der Waals surface area contributed by atoms with Crippen molar-refractivity contribution in [1.82, 2.24) is 4.98 Å². The SMILES string of the molecule is CC1CN(c2nc3ccccc3s2)CC1C(=O)O. The zero-order valence-corrected chi connectivity index (χ0v) is 10.9. The maximum Gasteiger partial charge on any atom is 0.308 e. The van der Waals surface area contributed by atoms with Gasteiger partial charge in [0.15, 0.2) is 5.13 Å². The first-order valence-electron chi connectivity index (χ1n) is 5.98. The van der Waals surface area contributed by atoms with E-state index in [2.05, 4.69) is 9.88 Å². The Balaban J connectivity index is 1.90. The van der Waals surface area contributed by atoms with Gasteiger partial charge >= 0.3 is 5.97 Å². The molecular formula is C13H14N2O2S. The maximum absolute atomic E-state index is 11.1. The standard InChI is InChI=1S/C13H14N2O2S/c1-8-6-15(7-9(8)12(16)17)13-14-10-4-2-3-5-11(10)18-13/h2-5,8-9H,6-7H2,1H3,(H,16,17). The van der Waals surface area contributed by atoms with Crippen LogP contribution in [0.3, 0.4) is 0 Å². The number of para-hydroxylation sites is 1. The molecule has 94 valence electrons. The van der Waals surface area contributed by atoms with Crippen molar-refractivity contribution >= 4 is 32.7 Å². The molecule has 3 rings (SSSR count). The van der Waals surface area contributed by atoms with Crippen LogP contribution in [-0.2, 0) is 4.79 Å². The van der Waals surface area contributed by atoms with Crippen LogP contribution < -0.4 is 4.90 Å². The zero-order chi connectivity index (χ0) is 12.7. The van der Waals surface area contributed by atoms with Crippen LogP contribution in [0.15, 0.2) is 24.3 Å². The van der Waals surface area contributed by atoms with Gasteiger partial charge in [0, 0.05) is 13.1 Å². The van der Waals surface area contributed by atoms with Crippen LogP contribution in [0, 0.1) is 11.8 Å². The monoisotopic (exact) mass is 262 g/mol. The third-order valence-corrected chi connectivity index (χ3v) is 4.58. The number of carboxylic acids is 1. The molecule has 1 saturated heterocycles. The molecule has 0 bridgehead atoms. The summed E-state index contributed by atoms with van der Waals surface area (Å²) in [5.74, 6) is -0.808. The van der Waals surface area contributed by atoms with Crippen LogP contribution >= 0.6 is 11.3 Å². The summed E-state index contributed by atoms with van der Waals surface area (Å²) in [6.45, 7) is 3.33. The first-order valence-corrected chi connectivity index (χ1v) is 6.80. The van der Waals surface area contributed by atoms with Crippen molar-refractivity contribution in [2.45, 2.75) is 6.92 Å². The van der Waals surface area contributed by atoms with E-state index >= 15 is 0 Å². The number of benzene rings is 1. The number of hydrogen-bond donors (Lipinski definition) is 1. The highest BCUT2D eigenvalue weighted by atomic mass is 32.1. The van der Waals surface area contributed by atoms with E-state index in [0.29, 0.717) is 6.54 Å². The van der Waals surface area contributed by atoms with Crippen molar-refractivity contribution in [3.63, 3.8) is 0 Å². The van der Waals surface area contributed by atoms with Crippen molar-refractivity contribution in [2.75, 3.05) is 18.0 Å². The third-order valence-electron chi connectivity index (χ3n) is 3.48. The third kappa shape index (κ3) is 1.84. The summed E-state index contributed by atoms with van der Waals surface area (Å²) < 4.78 is 1.15. The minimum absolute atomic E-state index is 0.175. The predicted octanol–water partition coefficient (Wildman–Crippen LogP) is 2.45. The summed E-state index contributed by atoms with van der Waals surface area (Å²) in [6, 6.07) is 8.00. The molecule has 2 unspecified atom stereocenters. The Hall–Kier alpha value is -1.62. The Morgan fingerprint density at radius 2 is 2.22 bits per heavy atom. The number of rotatable bonds is 2. The number of carboxylic acid groups (broad SMARTS) is 1. The van der Waals surface area contributed by atoms with Crippen LogP contribution in [0.5, 0.6) is 0 Å². The van der Waals surface area contributed by atoms with E-state index in [9.17, 15) is 4.79 Å². The maximum atomic E-state index is 11.1. The fraction of sp³-hybridized carbons (Fsp3) is 0.385. The first-order chi connectivity index (χ1) is 8.65. The van der Waals surface area contributed by atoms with Crippen molar-refractivity contribution in [3.8, 4) is 0 Å². The second kappa shape index (κ2) is 4.24. The molecule has 0 radical (unpaired) electrons. The lowest BCUT2D eigenvalue weighted by atomic mass is 9.99. The van der Waals surface area contributed by atoms with Gasteiger partial charge in [-0.2, -0.15) is 0 Å². The van der Waals surface area contributed by atoms with E-state index in [1.165, 1.54) is 0 Å². The molecule has 1 aromatic heterocycles. The van der Waals surface area contributed by atoms with E-state index in [1.54, 1.807) is 11.3 Å². The van der Waals surface area contributed by atoms with Crippen molar-refractivity contribution in [3.05, 3.63) is 24.3 Å². The van der Waals surface area contributed by atoms with Gasteiger partial charge in [0.1, 0.15) is 0 Å². The molecular weight excluding hydrogens is 248 g/mol. The van der Waals surface area contributed by atoms with E-state index in [1.807, 2.05) is 31.2 Å². The Kier molecular flexibility index (Phi) is 2.70. The van der Waals surface area contributed by atoms with Crippen LogP contribution in [0.25, 0.3) is 10.2 Å². The lowest BCUT2D eigenvalue weighted by Gasteiger charge is -2.13. The smallest absolute Gasteiger partial charge is 0.308 e. The fourth-order valence-electron chi connectivity index (χ4n) is 2.44. The highest BCUT2D eigenvalue weighted by molar-refractivity contribution is 7.22. The molecule has 1 N–H and O–H groups in total. The normalized spacial score (nSPS) is 23.7. The summed E-state index contributed by atoms with van der Waals surface area (Å²) in [5.41, 5.74) is 0.990. The number of carbonyl (C=O) groups is 1. The number of thiazole rings is 1. The molecule has 2 atom stereocenters. The molecule has 2 aromatic rings. The second-order valence-electron chi connectivity index (χ2n) is 4.79. The molecule has 1 aliphatic heterocycles. The second-order valence-corrected chi connectivity index (χ2v) is 5.80.